The van der Waals surface area contributed by atoms with Gasteiger partial charge in [0.1, 0.15) is 29.4 Å². The summed E-state index contributed by atoms with van der Waals surface area (Å²) in [5.41, 5.74) is 6.26. The van der Waals surface area contributed by atoms with E-state index in [1.807, 2.05) is 0 Å². The molecule has 15 heteroatoms. The third kappa shape index (κ3) is 17.8. The number of fused-ring (bicyclic) bond motifs is 5. The molecule has 0 radical (unpaired) electrons. The number of Topliss-reactive ketones (excluding diaryl/α,β-unsaturated/α-hetero) is 1. The molecular formula is C42H65N7O8. The summed E-state index contributed by atoms with van der Waals surface area (Å²) in [5.74, 6) is -3.71. The summed E-state index contributed by atoms with van der Waals surface area (Å²) < 4.78 is 0. The second kappa shape index (κ2) is 26.8. The molecule has 1 heterocycles. The number of benzene rings is 2. The number of phenolic OH excluding ortho intramolecular Hbond substituents is 2. The van der Waals surface area contributed by atoms with Crippen LogP contribution in [-0.2, 0) is 35.2 Å². The second-order valence-electron chi connectivity index (χ2n) is 14.4. The van der Waals surface area contributed by atoms with Crippen molar-refractivity contribution in [1.82, 2.24) is 31.5 Å². The minimum atomic E-state index is -1.31. The van der Waals surface area contributed by atoms with Crippen LogP contribution >= 0.6 is 0 Å². The molecule has 9 N–H and O–H groups in total. The Morgan fingerprint density at radius 1 is 0.825 bits per heavy atom. The van der Waals surface area contributed by atoms with Gasteiger partial charge in [0.05, 0.1) is 19.6 Å². The van der Waals surface area contributed by atoms with E-state index in [0.717, 1.165) is 30.8 Å². The summed E-state index contributed by atoms with van der Waals surface area (Å²) in [5, 5.41) is 35.1. The Morgan fingerprint density at radius 3 is 2.09 bits per heavy atom. The number of aromatic hydroxyl groups is 2. The summed E-state index contributed by atoms with van der Waals surface area (Å²) in [6, 6.07) is 6.26. The van der Waals surface area contributed by atoms with Crippen LogP contribution in [0.3, 0.4) is 0 Å². The minimum absolute atomic E-state index is 0.0297. The number of unbranched alkanes of at least 4 members (excludes halogenated alkanes) is 8. The Labute approximate surface area is 337 Å². The molecule has 3 rings (SSSR count). The highest BCUT2D eigenvalue weighted by atomic mass is 16.3. The normalized spacial score (nSPS) is 15.2. The van der Waals surface area contributed by atoms with E-state index in [1.165, 1.54) is 89.6 Å². The average Bonchev–Trinajstić information content (AvgIpc) is 3.18. The lowest BCUT2D eigenvalue weighted by atomic mass is 9.94. The third-order valence-electron chi connectivity index (χ3n) is 9.47. The standard InChI is InChI=1S/C38H54N6O8.C4H11N/c1-4-5-6-7-8-9-10-11-17-39-18-16-33(48)40-24-35(50)44(3)36-27-13-15-32(47)29(21-27)28-19-26(12-14-31(28)46)20-30(37(51)41-22-25(2)45)43-34(49)23-42-38(36)52;1-2-3-4-5/h12-15,19,21,30,36,39,46-47H,4-11,16-18,20,22-24H2,1-3H3,(H,40,48)(H,41,51)(H,42,52)(H,43,49);2-5H2,1H3. The number of nitrogens with one attached hydrogen (secondary N) is 5. The molecular weight excluding hydrogens is 731 g/mol. The molecule has 2 unspecified atom stereocenters. The number of carbonyl (C=O) groups is 6. The molecule has 1 aliphatic rings. The number of rotatable bonds is 20. The van der Waals surface area contributed by atoms with Crippen molar-refractivity contribution in [2.75, 3.05) is 46.3 Å². The molecule has 316 valence electrons. The average molecular weight is 796 g/mol. The van der Waals surface area contributed by atoms with Crippen LogP contribution in [0.4, 0.5) is 0 Å². The van der Waals surface area contributed by atoms with Crippen molar-refractivity contribution in [1.29, 1.82) is 0 Å². The number of nitrogens with two attached hydrogens (primary N) is 1. The fourth-order valence-electron chi connectivity index (χ4n) is 6.15. The number of nitrogens with zero attached hydrogens (tertiary/aromatic N) is 1. The Hall–Kier alpha value is -5.02. The van der Waals surface area contributed by atoms with Gasteiger partial charge in [0.2, 0.25) is 29.5 Å². The molecule has 15 nitrogen and oxygen atoms in total. The van der Waals surface area contributed by atoms with Gasteiger partial charge in [-0.2, -0.15) is 0 Å². The lowest BCUT2D eigenvalue weighted by molar-refractivity contribution is -0.140. The smallest absolute Gasteiger partial charge is 0.247 e. The summed E-state index contributed by atoms with van der Waals surface area (Å²) >= 11 is 0. The molecule has 0 saturated carbocycles. The molecule has 1 aliphatic heterocycles. The summed E-state index contributed by atoms with van der Waals surface area (Å²) in [6.45, 7) is 6.58. The highest BCUT2D eigenvalue weighted by Gasteiger charge is 2.31. The first-order chi connectivity index (χ1) is 27.3. The predicted molar refractivity (Wildman–Crippen MR) is 220 cm³/mol. The number of ketones is 1. The Balaban J connectivity index is 0.00000210. The summed E-state index contributed by atoms with van der Waals surface area (Å²) in [6.07, 6.45) is 12.3. The minimum Gasteiger partial charge on any atom is -0.507 e. The lowest BCUT2D eigenvalue weighted by Gasteiger charge is -2.29. The molecule has 0 fully saturated rings. The van der Waals surface area contributed by atoms with Gasteiger partial charge in [-0.25, -0.2) is 0 Å². The Bertz CT molecular complexity index is 1620. The monoisotopic (exact) mass is 795 g/mol. The highest BCUT2D eigenvalue weighted by molar-refractivity contribution is 5.95. The number of amides is 5. The molecule has 2 atom stereocenters. The van der Waals surface area contributed by atoms with Gasteiger partial charge in [-0.3, -0.25) is 28.8 Å². The van der Waals surface area contributed by atoms with E-state index in [0.29, 0.717) is 12.1 Å². The zero-order valence-electron chi connectivity index (χ0n) is 34.2. The van der Waals surface area contributed by atoms with Gasteiger partial charge in [-0.1, -0.05) is 77.3 Å². The van der Waals surface area contributed by atoms with Crippen LogP contribution < -0.4 is 32.3 Å². The SMILES string of the molecule is CCCCCCCCCCNCCC(=O)NCC(=O)N(C)C1C(=O)NCC(=O)NC(C(=O)NCC(C)=O)Cc2ccc(O)c(c2)-c2cc1ccc2O.CCCCN. The van der Waals surface area contributed by atoms with Gasteiger partial charge in [0.15, 0.2) is 0 Å². The first-order valence-corrected chi connectivity index (χ1v) is 20.2. The van der Waals surface area contributed by atoms with Gasteiger partial charge in [0, 0.05) is 37.6 Å². The third-order valence-corrected chi connectivity index (χ3v) is 9.47. The zero-order valence-corrected chi connectivity index (χ0v) is 34.2. The van der Waals surface area contributed by atoms with E-state index in [9.17, 15) is 39.0 Å². The number of likely N-dealkylation sites (N-methyl/N-ethyl adjacent to an activating group) is 1. The zero-order chi connectivity index (χ0) is 42.2. The maximum atomic E-state index is 13.7. The first-order valence-electron chi connectivity index (χ1n) is 20.2. The maximum absolute atomic E-state index is 13.7. The second-order valence-corrected chi connectivity index (χ2v) is 14.4. The van der Waals surface area contributed by atoms with E-state index in [2.05, 4.69) is 40.4 Å². The molecule has 0 saturated heterocycles. The largest absolute Gasteiger partial charge is 0.507 e. The van der Waals surface area contributed by atoms with Gasteiger partial charge in [0.25, 0.3) is 0 Å². The van der Waals surface area contributed by atoms with Crippen LogP contribution in [0.15, 0.2) is 36.4 Å². The number of hydrogen-bond donors (Lipinski definition) is 8. The van der Waals surface area contributed by atoms with Crippen molar-refractivity contribution >= 4 is 35.3 Å². The van der Waals surface area contributed by atoms with Crippen LogP contribution in [0.1, 0.15) is 109 Å². The Morgan fingerprint density at radius 2 is 1.46 bits per heavy atom. The van der Waals surface area contributed by atoms with Crippen molar-refractivity contribution in [3.63, 3.8) is 0 Å². The fraction of sp³-hybridized carbons (Fsp3) is 0.571. The van der Waals surface area contributed by atoms with E-state index in [-0.39, 0.29) is 65.8 Å². The maximum Gasteiger partial charge on any atom is 0.247 e. The molecule has 5 amide bonds. The van der Waals surface area contributed by atoms with Crippen LogP contribution in [0.5, 0.6) is 11.5 Å². The van der Waals surface area contributed by atoms with Crippen molar-refractivity contribution in [3.8, 4) is 22.6 Å². The fourth-order valence-corrected chi connectivity index (χ4v) is 6.15. The van der Waals surface area contributed by atoms with Gasteiger partial charge in [-0.05, 0) is 68.2 Å². The van der Waals surface area contributed by atoms with Crippen molar-refractivity contribution in [2.24, 2.45) is 5.73 Å². The van der Waals surface area contributed by atoms with E-state index in [4.69, 9.17) is 5.73 Å². The summed E-state index contributed by atoms with van der Waals surface area (Å²) in [7, 11) is 1.38. The number of phenols is 2. The van der Waals surface area contributed by atoms with Gasteiger partial charge in [-0.15, -0.1) is 0 Å². The number of carbonyl (C=O) groups excluding carboxylic acids is 6. The van der Waals surface area contributed by atoms with Crippen LogP contribution in [-0.4, -0.2) is 103 Å². The molecule has 0 aliphatic carbocycles. The molecule has 57 heavy (non-hydrogen) atoms. The van der Waals surface area contributed by atoms with E-state index < -0.39 is 42.3 Å². The Kier molecular flexibility index (Phi) is 22.6. The van der Waals surface area contributed by atoms with Gasteiger partial charge < -0.3 is 47.4 Å². The lowest BCUT2D eigenvalue weighted by Crippen LogP contribution is -2.52. The van der Waals surface area contributed by atoms with Gasteiger partial charge >= 0.3 is 0 Å². The molecule has 0 spiro atoms. The van der Waals surface area contributed by atoms with E-state index in [1.54, 1.807) is 12.1 Å². The van der Waals surface area contributed by atoms with Crippen molar-refractivity contribution in [3.05, 3.63) is 47.5 Å². The summed E-state index contributed by atoms with van der Waals surface area (Å²) in [4.78, 5) is 78.1. The molecule has 2 aromatic carbocycles. The quantitative estimate of drug-likeness (QED) is 0.0913. The highest BCUT2D eigenvalue weighted by Crippen LogP contribution is 2.38. The first kappa shape index (κ1) is 48.1. The van der Waals surface area contributed by atoms with Crippen molar-refractivity contribution in [2.45, 2.75) is 110 Å². The topological polar surface area (TPSA) is 232 Å². The molecule has 4 bridgehead atoms. The molecule has 2 aromatic rings. The van der Waals surface area contributed by atoms with Crippen LogP contribution in [0.2, 0.25) is 0 Å². The predicted octanol–water partition coefficient (Wildman–Crippen LogP) is 3.11. The van der Waals surface area contributed by atoms with Crippen LogP contribution in [0, 0.1) is 0 Å². The van der Waals surface area contributed by atoms with Crippen LogP contribution in [0.25, 0.3) is 11.1 Å². The molecule has 0 aromatic heterocycles. The van der Waals surface area contributed by atoms with Crippen molar-refractivity contribution < 1.29 is 39.0 Å². The number of hydrogen-bond acceptors (Lipinski definition) is 10. The van der Waals surface area contributed by atoms with E-state index >= 15 is 0 Å².